The minimum absolute atomic E-state index is 0.0535. The van der Waals surface area contributed by atoms with Gasteiger partial charge in [-0.3, -0.25) is 14.3 Å². The molecule has 110 valence electrons. The molecule has 0 aliphatic heterocycles. The summed E-state index contributed by atoms with van der Waals surface area (Å²) in [4.78, 5) is 22.5. The van der Waals surface area contributed by atoms with Gasteiger partial charge in [-0.25, -0.2) is 0 Å². The van der Waals surface area contributed by atoms with Crippen molar-refractivity contribution in [2.24, 2.45) is 0 Å². The maximum absolute atomic E-state index is 12.0. The van der Waals surface area contributed by atoms with E-state index in [2.05, 4.69) is 10.4 Å². The lowest BCUT2D eigenvalue weighted by Crippen LogP contribution is -2.33. The topological polar surface area (TPSA) is 84.2 Å². The van der Waals surface area contributed by atoms with E-state index in [-0.39, 0.29) is 18.4 Å². The van der Waals surface area contributed by atoms with E-state index in [1.165, 1.54) is 12.8 Å². The molecule has 1 fully saturated rings. The van der Waals surface area contributed by atoms with Crippen LogP contribution in [0.3, 0.4) is 0 Å². The van der Waals surface area contributed by atoms with Crippen LogP contribution in [0.15, 0.2) is 12.3 Å². The molecular weight excluding hydrogens is 258 g/mol. The molecule has 6 nitrogen and oxygen atoms in total. The monoisotopic (exact) mass is 279 g/mol. The largest absolute Gasteiger partial charge is 0.481 e. The number of carbonyl (C=O) groups excluding carboxylic acids is 1. The molecule has 2 N–H and O–H groups in total. The number of carboxylic acids is 1. The van der Waals surface area contributed by atoms with Crippen molar-refractivity contribution in [3.8, 4) is 0 Å². The quantitative estimate of drug-likeness (QED) is 0.834. The van der Waals surface area contributed by atoms with Gasteiger partial charge in [0.2, 0.25) is 0 Å². The highest BCUT2D eigenvalue weighted by atomic mass is 16.4. The number of carbonyl (C=O) groups is 2. The van der Waals surface area contributed by atoms with Gasteiger partial charge in [-0.05, 0) is 32.3 Å². The highest BCUT2D eigenvalue weighted by Crippen LogP contribution is 2.28. The fraction of sp³-hybridized carbons (Fsp3) is 0.643. The Morgan fingerprint density at radius 2 is 2.20 bits per heavy atom. The van der Waals surface area contributed by atoms with Crippen molar-refractivity contribution >= 4 is 11.9 Å². The molecule has 0 spiro atoms. The zero-order valence-corrected chi connectivity index (χ0v) is 11.7. The summed E-state index contributed by atoms with van der Waals surface area (Å²) in [6.07, 6.45) is 7.02. The molecule has 1 unspecified atom stereocenters. The Balaban J connectivity index is 1.87. The summed E-state index contributed by atoms with van der Waals surface area (Å²) in [6.45, 7) is 1.80. The van der Waals surface area contributed by atoms with Crippen LogP contribution >= 0.6 is 0 Å². The molecule has 0 bridgehead atoms. The third-order valence-electron chi connectivity index (χ3n) is 3.71. The number of aliphatic carboxylic acids is 1. The van der Waals surface area contributed by atoms with Crippen molar-refractivity contribution in [3.63, 3.8) is 0 Å². The van der Waals surface area contributed by atoms with Gasteiger partial charge in [-0.2, -0.15) is 5.10 Å². The summed E-state index contributed by atoms with van der Waals surface area (Å²) >= 11 is 0. The molecule has 1 amide bonds. The van der Waals surface area contributed by atoms with Crippen LogP contribution in [0.4, 0.5) is 0 Å². The lowest BCUT2D eigenvalue weighted by molar-refractivity contribution is -0.137. The number of carboxylic acid groups (broad SMARTS) is 1. The predicted octanol–water partition coefficient (Wildman–Crippen LogP) is 1.98. The van der Waals surface area contributed by atoms with E-state index >= 15 is 0 Å². The van der Waals surface area contributed by atoms with Crippen LogP contribution in [-0.4, -0.2) is 32.8 Å². The Morgan fingerprint density at radius 1 is 1.50 bits per heavy atom. The average Bonchev–Trinajstić information content (AvgIpc) is 3.06. The van der Waals surface area contributed by atoms with E-state index in [9.17, 15) is 9.59 Å². The molecule has 1 aromatic heterocycles. The van der Waals surface area contributed by atoms with E-state index in [0.717, 1.165) is 12.8 Å². The fourth-order valence-corrected chi connectivity index (χ4v) is 2.54. The first-order valence-corrected chi connectivity index (χ1v) is 7.14. The van der Waals surface area contributed by atoms with Crippen molar-refractivity contribution in [2.75, 3.05) is 0 Å². The number of nitrogens with one attached hydrogen (secondary N) is 1. The minimum Gasteiger partial charge on any atom is -0.481 e. The van der Waals surface area contributed by atoms with Crippen LogP contribution in [0.5, 0.6) is 0 Å². The van der Waals surface area contributed by atoms with Gasteiger partial charge in [-0.15, -0.1) is 0 Å². The highest BCUT2D eigenvalue weighted by Gasteiger charge is 2.19. The van der Waals surface area contributed by atoms with Gasteiger partial charge in [-0.1, -0.05) is 12.8 Å². The summed E-state index contributed by atoms with van der Waals surface area (Å²) in [6, 6.07) is 1.97. The molecule has 1 aliphatic rings. The summed E-state index contributed by atoms with van der Waals surface area (Å²) in [5.41, 5.74) is 0.402. The SMILES string of the molecule is CC(CCC(=O)O)NC(=O)c1ccn(C2CCCC2)n1. The van der Waals surface area contributed by atoms with Gasteiger partial charge < -0.3 is 10.4 Å². The molecule has 1 aliphatic carbocycles. The molecule has 0 radical (unpaired) electrons. The van der Waals surface area contributed by atoms with E-state index in [1.54, 1.807) is 13.0 Å². The molecule has 20 heavy (non-hydrogen) atoms. The Labute approximate surface area is 118 Å². The predicted molar refractivity (Wildman–Crippen MR) is 73.5 cm³/mol. The van der Waals surface area contributed by atoms with Gasteiger partial charge >= 0.3 is 5.97 Å². The van der Waals surface area contributed by atoms with E-state index < -0.39 is 5.97 Å². The van der Waals surface area contributed by atoms with Crippen LogP contribution in [0.1, 0.15) is 62.0 Å². The average molecular weight is 279 g/mol. The van der Waals surface area contributed by atoms with Gasteiger partial charge in [0.15, 0.2) is 0 Å². The number of hydrogen-bond acceptors (Lipinski definition) is 3. The third-order valence-corrected chi connectivity index (χ3v) is 3.71. The standard InChI is InChI=1S/C14H21N3O3/c1-10(6-7-13(18)19)15-14(20)12-8-9-17(16-12)11-4-2-3-5-11/h8-11H,2-7H2,1H3,(H,15,20)(H,18,19). The van der Waals surface area contributed by atoms with E-state index in [1.807, 2.05) is 10.9 Å². The van der Waals surface area contributed by atoms with Crippen LogP contribution in [0.25, 0.3) is 0 Å². The second-order valence-electron chi connectivity index (χ2n) is 5.43. The fourth-order valence-electron chi connectivity index (χ4n) is 2.54. The molecule has 0 aromatic carbocycles. The molecular formula is C14H21N3O3. The summed E-state index contributed by atoms with van der Waals surface area (Å²) < 4.78 is 1.88. The number of rotatable bonds is 6. The van der Waals surface area contributed by atoms with Crippen LogP contribution in [0.2, 0.25) is 0 Å². The summed E-state index contributed by atoms with van der Waals surface area (Å²) in [5.74, 6) is -1.09. The lowest BCUT2D eigenvalue weighted by atomic mass is 10.2. The zero-order chi connectivity index (χ0) is 14.5. The molecule has 0 saturated heterocycles. The molecule has 6 heteroatoms. The summed E-state index contributed by atoms with van der Waals surface area (Å²) in [5, 5.41) is 15.7. The molecule has 1 heterocycles. The van der Waals surface area contributed by atoms with Crippen molar-refractivity contribution in [1.82, 2.24) is 15.1 Å². The second-order valence-corrected chi connectivity index (χ2v) is 5.43. The van der Waals surface area contributed by atoms with Crippen molar-refractivity contribution in [2.45, 2.75) is 57.5 Å². The van der Waals surface area contributed by atoms with Crippen LogP contribution in [0, 0.1) is 0 Å². The maximum Gasteiger partial charge on any atom is 0.303 e. The van der Waals surface area contributed by atoms with Crippen LogP contribution < -0.4 is 5.32 Å². The Morgan fingerprint density at radius 3 is 2.85 bits per heavy atom. The van der Waals surface area contributed by atoms with Crippen LogP contribution in [-0.2, 0) is 4.79 Å². The summed E-state index contributed by atoms with van der Waals surface area (Å²) in [7, 11) is 0. The molecule has 1 atom stereocenters. The van der Waals surface area contributed by atoms with Crippen molar-refractivity contribution in [3.05, 3.63) is 18.0 Å². The molecule has 1 saturated carbocycles. The smallest absolute Gasteiger partial charge is 0.303 e. The van der Waals surface area contributed by atoms with E-state index in [4.69, 9.17) is 5.11 Å². The normalized spacial score (nSPS) is 17.1. The first kappa shape index (κ1) is 14.6. The molecule has 1 aromatic rings. The first-order valence-electron chi connectivity index (χ1n) is 7.14. The lowest BCUT2D eigenvalue weighted by Gasteiger charge is -2.12. The van der Waals surface area contributed by atoms with Crippen molar-refractivity contribution in [1.29, 1.82) is 0 Å². The van der Waals surface area contributed by atoms with Gasteiger partial charge in [0.05, 0.1) is 6.04 Å². The van der Waals surface area contributed by atoms with Gasteiger partial charge in [0, 0.05) is 18.7 Å². The van der Waals surface area contributed by atoms with E-state index in [0.29, 0.717) is 18.2 Å². The van der Waals surface area contributed by atoms with Gasteiger partial charge in [0.25, 0.3) is 5.91 Å². The minimum atomic E-state index is -0.850. The second kappa shape index (κ2) is 6.54. The number of nitrogens with zero attached hydrogens (tertiary/aromatic N) is 2. The van der Waals surface area contributed by atoms with Gasteiger partial charge in [0.1, 0.15) is 5.69 Å². The highest BCUT2D eigenvalue weighted by molar-refractivity contribution is 5.92. The number of aromatic nitrogens is 2. The Kier molecular flexibility index (Phi) is 4.76. The zero-order valence-electron chi connectivity index (χ0n) is 11.7. The third kappa shape index (κ3) is 3.82. The number of hydrogen-bond donors (Lipinski definition) is 2. The molecule has 2 rings (SSSR count). The first-order chi connectivity index (χ1) is 9.56. The van der Waals surface area contributed by atoms with Crippen molar-refractivity contribution < 1.29 is 14.7 Å². The maximum atomic E-state index is 12.0. The number of amides is 1. The Bertz CT molecular complexity index is 478. The Hall–Kier alpha value is -1.85.